The van der Waals surface area contributed by atoms with Gasteiger partial charge in [0.05, 0.1) is 12.7 Å². The Kier molecular flexibility index (Phi) is 4.40. The summed E-state index contributed by atoms with van der Waals surface area (Å²) in [6.07, 6.45) is 0.341. The molecule has 0 radical (unpaired) electrons. The number of methoxy groups -OCH3 is 1. The summed E-state index contributed by atoms with van der Waals surface area (Å²) in [7, 11) is 1.56. The van der Waals surface area contributed by atoms with Crippen molar-refractivity contribution in [2.24, 2.45) is 0 Å². The summed E-state index contributed by atoms with van der Waals surface area (Å²) in [4.78, 5) is 12.2. The second-order valence-corrected chi connectivity index (χ2v) is 5.56. The first-order valence-electron chi connectivity index (χ1n) is 6.46. The van der Waals surface area contributed by atoms with E-state index in [0.717, 1.165) is 5.56 Å². The van der Waals surface area contributed by atoms with Gasteiger partial charge in [-0.25, -0.2) is 4.79 Å². The topological polar surface area (TPSA) is 70.0 Å². The lowest BCUT2D eigenvalue weighted by Gasteiger charge is -2.37. The lowest BCUT2D eigenvalue weighted by molar-refractivity contribution is -0.0165. The minimum Gasteiger partial charge on any atom is -0.496 e. The first-order chi connectivity index (χ1) is 9.43. The fourth-order valence-electron chi connectivity index (χ4n) is 2.51. The predicted octanol–water partition coefficient (Wildman–Crippen LogP) is 2.40. The largest absolute Gasteiger partial charge is 0.496 e. The summed E-state index contributed by atoms with van der Waals surface area (Å²) in [5.74, 6) is 0.645. The molecule has 5 nitrogen and oxygen atoms in total. The molecule has 20 heavy (non-hydrogen) atoms. The molecule has 0 saturated carbocycles. The zero-order valence-electron chi connectivity index (χ0n) is 11.3. The van der Waals surface area contributed by atoms with Gasteiger partial charge in [-0.05, 0) is 30.5 Å². The van der Waals surface area contributed by atoms with Gasteiger partial charge >= 0.3 is 6.09 Å². The quantitative estimate of drug-likeness (QED) is 0.899. The van der Waals surface area contributed by atoms with Gasteiger partial charge in [-0.15, -0.1) is 0 Å². The second kappa shape index (κ2) is 5.89. The minimum atomic E-state index is -0.934. The highest BCUT2D eigenvalue weighted by Gasteiger charge is 2.34. The van der Waals surface area contributed by atoms with E-state index in [1.807, 2.05) is 6.07 Å². The molecule has 1 aromatic rings. The fourth-order valence-corrected chi connectivity index (χ4v) is 2.67. The molecule has 110 valence electrons. The Morgan fingerprint density at radius 3 is 2.65 bits per heavy atom. The third-order valence-electron chi connectivity index (χ3n) is 3.73. The lowest BCUT2D eigenvalue weighted by atomic mass is 9.85. The van der Waals surface area contributed by atoms with Crippen molar-refractivity contribution >= 4 is 17.7 Å². The van der Waals surface area contributed by atoms with Gasteiger partial charge in [-0.1, -0.05) is 17.7 Å². The van der Waals surface area contributed by atoms with Crippen LogP contribution in [0.15, 0.2) is 18.2 Å². The summed E-state index contributed by atoms with van der Waals surface area (Å²) in [6, 6.07) is 5.31. The number of hydrogen-bond donors (Lipinski definition) is 2. The van der Waals surface area contributed by atoms with Crippen LogP contribution < -0.4 is 4.74 Å². The molecule has 1 amide bonds. The molecule has 1 heterocycles. The van der Waals surface area contributed by atoms with E-state index in [0.29, 0.717) is 43.1 Å². The Balaban J connectivity index is 2.08. The van der Waals surface area contributed by atoms with E-state index in [1.54, 1.807) is 19.2 Å². The van der Waals surface area contributed by atoms with Gasteiger partial charge in [-0.3, -0.25) is 0 Å². The number of carbonyl (C=O) groups is 1. The van der Waals surface area contributed by atoms with Crippen molar-refractivity contribution in [1.82, 2.24) is 4.90 Å². The number of hydrogen-bond acceptors (Lipinski definition) is 3. The first-order valence-corrected chi connectivity index (χ1v) is 6.84. The summed E-state index contributed by atoms with van der Waals surface area (Å²) in [6.45, 7) is 0.698. The number of rotatable bonds is 3. The second-order valence-electron chi connectivity index (χ2n) is 5.13. The monoisotopic (exact) mass is 299 g/mol. The molecule has 0 unspecified atom stereocenters. The van der Waals surface area contributed by atoms with Crippen molar-refractivity contribution in [3.63, 3.8) is 0 Å². The van der Waals surface area contributed by atoms with Crippen LogP contribution in [-0.2, 0) is 6.42 Å². The maximum absolute atomic E-state index is 10.9. The maximum atomic E-state index is 10.9. The Hall–Kier alpha value is -1.46. The van der Waals surface area contributed by atoms with Crippen molar-refractivity contribution < 1.29 is 19.7 Å². The molecule has 1 aliphatic heterocycles. The van der Waals surface area contributed by atoms with Crippen molar-refractivity contribution in [2.45, 2.75) is 24.9 Å². The van der Waals surface area contributed by atoms with Gasteiger partial charge in [0, 0.05) is 24.5 Å². The Labute approximate surface area is 122 Å². The fraction of sp³-hybridized carbons (Fsp3) is 0.500. The van der Waals surface area contributed by atoms with Crippen LogP contribution in [0.2, 0.25) is 5.02 Å². The highest BCUT2D eigenvalue weighted by atomic mass is 35.5. The molecule has 1 fully saturated rings. The van der Waals surface area contributed by atoms with Gasteiger partial charge in [0.2, 0.25) is 0 Å². The zero-order valence-corrected chi connectivity index (χ0v) is 12.1. The zero-order chi connectivity index (χ0) is 14.8. The highest BCUT2D eigenvalue weighted by Crippen LogP contribution is 2.31. The Morgan fingerprint density at radius 1 is 1.45 bits per heavy atom. The van der Waals surface area contributed by atoms with E-state index in [-0.39, 0.29) is 0 Å². The van der Waals surface area contributed by atoms with Crippen molar-refractivity contribution in [3.05, 3.63) is 28.8 Å². The normalized spacial score (nSPS) is 17.9. The van der Waals surface area contributed by atoms with Gasteiger partial charge < -0.3 is 19.8 Å². The molecule has 0 aromatic heterocycles. The minimum absolute atomic E-state index is 0.349. The van der Waals surface area contributed by atoms with Gasteiger partial charge in [-0.2, -0.15) is 0 Å². The van der Waals surface area contributed by atoms with E-state index >= 15 is 0 Å². The van der Waals surface area contributed by atoms with Crippen molar-refractivity contribution in [1.29, 1.82) is 0 Å². The van der Waals surface area contributed by atoms with E-state index in [2.05, 4.69) is 0 Å². The summed E-state index contributed by atoms with van der Waals surface area (Å²) in [5.41, 5.74) is -0.0178. The molecular formula is C14H18ClNO4. The van der Waals surface area contributed by atoms with Crippen LogP contribution in [0.1, 0.15) is 18.4 Å². The number of nitrogens with zero attached hydrogens (tertiary/aromatic N) is 1. The van der Waals surface area contributed by atoms with Crippen LogP contribution in [0.3, 0.4) is 0 Å². The number of piperidine rings is 1. The van der Waals surface area contributed by atoms with Crippen LogP contribution in [0.5, 0.6) is 5.75 Å². The number of likely N-dealkylation sites (tertiary alicyclic amines) is 1. The van der Waals surface area contributed by atoms with Gasteiger partial charge in [0.15, 0.2) is 0 Å². The number of halogens is 1. The van der Waals surface area contributed by atoms with Gasteiger partial charge in [0.1, 0.15) is 5.75 Å². The smallest absolute Gasteiger partial charge is 0.407 e. The number of amides is 1. The Bertz CT molecular complexity index is 498. The standard InChI is InChI=1S/C14H18ClNO4/c1-20-12-8-11(15)3-2-10(12)9-14(19)4-6-16(7-5-14)13(17)18/h2-3,8,19H,4-7,9H2,1H3,(H,17,18). The van der Waals surface area contributed by atoms with Crippen molar-refractivity contribution in [3.8, 4) is 5.75 Å². The summed E-state index contributed by atoms with van der Waals surface area (Å²) < 4.78 is 5.27. The molecule has 2 rings (SSSR count). The van der Waals surface area contributed by atoms with Crippen LogP contribution >= 0.6 is 11.6 Å². The van der Waals surface area contributed by atoms with E-state index in [9.17, 15) is 9.90 Å². The average molecular weight is 300 g/mol. The summed E-state index contributed by atoms with van der Waals surface area (Å²) >= 11 is 5.91. The maximum Gasteiger partial charge on any atom is 0.407 e. The molecule has 0 spiro atoms. The third-order valence-corrected chi connectivity index (χ3v) is 3.97. The molecule has 0 bridgehead atoms. The molecule has 0 aliphatic carbocycles. The number of carboxylic acid groups (broad SMARTS) is 1. The van der Waals surface area contributed by atoms with Crippen LogP contribution in [0, 0.1) is 0 Å². The summed E-state index contributed by atoms with van der Waals surface area (Å²) in [5, 5.41) is 20.1. The molecule has 2 N–H and O–H groups in total. The number of benzene rings is 1. The lowest BCUT2D eigenvalue weighted by Crippen LogP contribution is -2.47. The van der Waals surface area contributed by atoms with E-state index < -0.39 is 11.7 Å². The van der Waals surface area contributed by atoms with Gasteiger partial charge in [0.25, 0.3) is 0 Å². The van der Waals surface area contributed by atoms with E-state index in [4.69, 9.17) is 21.4 Å². The highest BCUT2D eigenvalue weighted by molar-refractivity contribution is 6.30. The van der Waals surface area contributed by atoms with Crippen LogP contribution in [-0.4, -0.2) is 47.0 Å². The first kappa shape index (κ1) is 14.9. The Morgan fingerprint density at radius 2 is 2.10 bits per heavy atom. The average Bonchev–Trinajstić information content (AvgIpc) is 2.41. The molecule has 1 aliphatic rings. The molecular weight excluding hydrogens is 282 g/mol. The SMILES string of the molecule is COc1cc(Cl)ccc1CC1(O)CCN(C(=O)O)CC1. The molecule has 1 saturated heterocycles. The number of aliphatic hydroxyl groups is 1. The molecule has 6 heteroatoms. The van der Waals surface area contributed by atoms with Crippen LogP contribution in [0.4, 0.5) is 4.79 Å². The molecule has 0 atom stereocenters. The van der Waals surface area contributed by atoms with E-state index in [1.165, 1.54) is 4.90 Å². The van der Waals surface area contributed by atoms with Crippen molar-refractivity contribution in [2.75, 3.05) is 20.2 Å². The van der Waals surface area contributed by atoms with Crippen LogP contribution in [0.25, 0.3) is 0 Å². The number of ether oxygens (including phenoxy) is 1. The molecule has 1 aromatic carbocycles. The third kappa shape index (κ3) is 3.35. The predicted molar refractivity (Wildman–Crippen MR) is 75.5 cm³/mol.